The van der Waals surface area contributed by atoms with E-state index in [0.29, 0.717) is 17.5 Å². The molecule has 0 spiro atoms. The predicted octanol–water partition coefficient (Wildman–Crippen LogP) is 4.12. The van der Waals surface area contributed by atoms with Gasteiger partial charge in [-0.15, -0.1) is 0 Å². The molecule has 2 aromatic carbocycles. The molecule has 25 heavy (non-hydrogen) atoms. The topological polar surface area (TPSA) is 44.8 Å². The molecule has 2 unspecified atom stereocenters. The summed E-state index contributed by atoms with van der Waals surface area (Å²) in [5, 5.41) is 0.507. The van der Waals surface area contributed by atoms with Crippen LogP contribution in [0.25, 0.3) is 0 Å². The van der Waals surface area contributed by atoms with Crippen LogP contribution in [0, 0.1) is 13.8 Å². The van der Waals surface area contributed by atoms with Crippen molar-refractivity contribution in [3.8, 4) is 0 Å². The lowest BCUT2D eigenvalue weighted by Gasteiger charge is -2.28. The molecule has 0 saturated carbocycles. The summed E-state index contributed by atoms with van der Waals surface area (Å²) >= 11 is 3.51. The number of ether oxygens (including phenoxy) is 3. The molecular weight excluding hydrogens is 384 g/mol. The van der Waals surface area contributed by atoms with Gasteiger partial charge in [0, 0.05) is 5.56 Å². The van der Waals surface area contributed by atoms with E-state index < -0.39 is 5.79 Å². The normalized spacial score (nSPS) is 22.8. The summed E-state index contributed by atoms with van der Waals surface area (Å²) in [6, 6.07) is 15.1. The van der Waals surface area contributed by atoms with Crippen LogP contribution >= 0.6 is 15.9 Å². The number of hydrogen-bond acceptors (Lipinski definition) is 4. The number of halogens is 1. The largest absolute Gasteiger partial charge is 0.459 e. The molecule has 4 nitrogen and oxygen atoms in total. The lowest BCUT2D eigenvalue weighted by molar-refractivity contribution is -0.160. The van der Waals surface area contributed by atoms with Crippen LogP contribution in [0.5, 0.6) is 0 Å². The maximum absolute atomic E-state index is 12.1. The van der Waals surface area contributed by atoms with E-state index in [2.05, 4.69) is 28.9 Å². The Bertz CT molecular complexity index is 747. The predicted molar refractivity (Wildman–Crippen MR) is 98.9 cm³/mol. The lowest BCUT2D eigenvalue weighted by atomic mass is 9.99. The number of rotatable bonds is 5. The van der Waals surface area contributed by atoms with E-state index in [-0.39, 0.29) is 18.7 Å². The van der Waals surface area contributed by atoms with Gasteiger partial charge in [-0.25, -0.2) is 4.79 Å². The van der Waals surface area contributed by atoms with Crippen molar-refractivity contribution in [3.63, 3.8) is 0 Å². The Balaban J connectivity index is 1.66. The number of alkyl halides is 1. The van der Waals surface area contributed by atoms with Gasteiger partial charge in [-0.05, 0) is 31.5 Å². The summed E-state index contributed by atoms with van der Waals surface area (Å²) in [6.45, 7) is 4.64. The molecule has 0 aliphatic carbocycles. The fourth-order valence-electron chi connectivity index (χ4n) is 3.00. The molecule has 2 atom stereocenters. The van der Waals surface area contributed by atoms with Crippen molar-refractivity contribution in [2.24, 2.45) is 0 Å². The summed E-state index contributed by atoms with van der Waals surface area (Å²) in [5.74, 6) is -1.20. The van der Waals surface area contributed by atoms with E-state index in [1.807, 2.05) is 37.3 Å². The first-order valence-corrected chi connectivity index (χ1v) is 9.34. The summed E-state index contributed by atoms with van der Waals surface area (Å²) in [5.41, 5.74) is 3.83. The third-order valence-corrected chi connectivity index (χ3v) is 4.98. The number of hydrogen-bond donors (Lipinski definition) is 0. The molecule has 3 rings (SSSR count). The van der Waals surface area contributed by atoms with Crippen LogP contribution in [0.3, 0.4) is 0 Å². The van der Waals surface area contributed by atoms with Gasteiger partial charge in [-0.1, -0.05) is 57.9 Å². The SMILES string of the molecule is Cc1ccc(C2(CBr)OCC(COC(=O)c3ccccc3)O2)c(C)c1. The average molecular weight is 405 g/mol. The molecule has 0 aromatic heterocycles. The molecule has 132 valence electrons. The Hall–Kier alpha value is -1.69. The standard InChI is InChI=1S/C20H21BrO4/c1-14-8-9-18(15(2)10-14)20(13-21)24-12-17(25-20)11-23-19(22)16-6-4-3-5-7-16/h3-10,17H,11-13H2,1-2H3. The monoisotopic (exact) mass is 404 g/mol. The summed E-state index contributed by atoms with van der Waals surface area (Å²) in [4.78, 5) is 12.1. The molecule has 1 saturated heterocycles. The highest BCUT2D eigenvalue weighted by atomic mass is 79.9. The van der Waals surface area contributed by atoms with E-state index in [0.717, 1.165) is 11.1 Å². The molecule has 1 fully saturated rings. The van der Waals surface area contributed by atoms with Gasteiger partial charge in [0.2, 0.25) is 5.79 Å². The molecular formula is C20H21BrO4. The third kappa shape index (κ3) is 3.94. The lowest BCUT2D eigenvalue weighted by Crippen LogP contribution is -2.32. The first kappa shape index (κ1) is 18.1. The first-order chi connectivity index (χ1) is 12.0. The van der Waals surface area contributed by atoms with Gasteiger partial charge in [0.25, 0.3) is 0 Å². The van der Waals surface area contributed by atoms with E-state index in [1.165, 1.54) is 5.56 Å². The van der Waals surface area contributed by atoms with Gasteiger partial charge in [0.15, 0.2) is 0 Å². The van der Waals surface area contributed by atoms with Gasteiger partial charge in [-0.3, -0.25) is 0 Å². The minimum atomic E-state index is -0.846. The second-order valence-corrected chi connectivity index (χ2v) is 6.78. The van der Waals surface area contributed by atoms with E-state index in [1.54, 1.807) is 12.1 Å². The highest BCUT2D eigenvalue weighted by molar-refractivity contribution is 9.09. The van der Waals surface area contributed by atoms with Crippen molar-refractivity contribution < 1.29 is 19.0 Å². The summed E-state index contributed by atoms with van der Waals surface area (Å²) in [7, 11) is 0. The van der Waals surface area contributed by atoms with Crippen LogP contribution in [-0.4, -0.2) is 30.6 Å². The van der Waals surface area contributed by atoms with Crippen molar-refractivity contribution in [1.82, 2.24) is 0 Å². The van der Waals surface area contributed by atoms with Gasteiger partial charge in [0.1, 0.15) is 12.7 Å². The summed E-state index contributed by atoms with van der Waals surface area (Å²) in [6.07, 6.45) is -0.300. The van der Waals surface area contributed by atoms with Crippen molar-refractivity contribution in [2.45, 2.75) is 25.7 Å². The summed E-state index contributed by atoms with van der Waals surface area (Å²) < 4.78 is 17.5. The smallest absolute Gasteiger partial charge is 0.338 e. The molecule has 1 heterocycles. The van der Waals surface area contributed by atoms with E-state index in [9.17, 15) is 4.79 Å². The number of aryl methyl sites for hydroxylation is 2. The third-order valence-electron chi connectivity index (χ3n) is 4.24. The van der Waals surface area contributed by atoms with Crippen LogP contribution in [-0.2, 0) is 20.0 Å². The van der Waals surface area contributed by atoms with Crippen LogP contribution in [0.4, 0.5) is 0 Å². The Labute approximate surface area is 156 Å². The number of esters is 1. The quantitative estimate of drug-likeness (QED) is 0.555. The van der Waals surface area contributed by atoms with Crippen molar-refractivity contribution in [3.05, 3.63) is 70.8 Å². The highest BCUT2D eigenvalue weighted by Gasteiger charge is 2.43. The number of carbonyl (C=O) groups excluding carboxylic acids is 1. The molecule has 0 N–H and O–H groups in total. The van der Waals surface area contributed by atoms with E-state index in [4.69, 9.17) is 14.2 Å². The van der Waals surface area contributed by atoms with Crippen LogP contribution < -0.4 is 0 Å². The first-order valence-electron chi connectivity index (χ1n) is 8.22. The molecule has 2 aromatic rings. The van der Waals surface area contributed by atoms with Gasteiger partial charge < -0.3 is 14.2 Å². The molecule has 0 amide bonds. The van der Waals surface area contributed by atoms with Crippen molar-refractivity contribution >= 4 is 21.9 Å². The zero-order valence-electron chi connectivity index (χ0n) is 14.3. The molecule has 1 aliphatic heterocycles. The van der Waals surface area contributed by atoms with Crippen LogP contribution in [0.1, 0.15) is 27.0 Å². The maximum Gasteiger partial charge on any atom is 0.338 e. The van der Waals surface area contributed by atoms with E-state index >= 15 is 0 Å². The van der Waals surface area contributed by atoms with Gasteiger partial charge in [0.05, 0.1) is 17.5 Å². The second kappa shape index (κ2) is 7.68. The van der Waals surface area contributed by atoms with Gasteiger partial charge in [-0.2, -0.15) is 0 Å². The van der Waals surface area contributed by atoms with Gasteiger partial charge >= 0.3 is 5.97 Å². The second-order valence-electron chi connectivity index (χ2n) is 6.22. The Kier molecular flexibility index (Phi) is 5.57. The minimum absolute atomic E-state index is 0.160. The Morgan fingerprint density at radius 2 is 2.00 bits per heavy atom. The fourth-order valence-corrected chi connectivity index (χ4v) is 3.59. The number of carbonyl (C=O) groups is 1. The molecule has 5 heteroatoms. The molecule has 0 bridgehead atoms. The average Bonchev–Trinajstić information content (AvgIpc) is 3.05. The Morgan fingerprint density at radius 1 is 1.24 bits per heavy atom. The maximum atomic E-state index is 12.1. The Morgan fingerprint density at radius 3 is 2.68 bits per heavy atom. The van der Waals surface area contributed by atoms with Crippen LogP contribution in [0.2, 0.25) is 0 Å². The fraction of sp³-hybridized carbons (Fsp3) is 0.350. The van der Waals surface area contributed by atoms with Crippen molar-refractivity contribution in [2.75, 3.05) is 18.5 Å². The van der Waals surface area contributed by atoms with Crippen molar-refractivity contribution in [1.29, 1.82) is 0 Å². The molecule has 0 radical (unpaired) electrons. The zero-order chi connectivity index (χ0) is 17.9. The minimum Gasteiger partial charge on any atom is -0.459 e. The van der Waals surface area contributed by atoms with Crippen LogP contribution in [0.15, 0.2) is 48.5 Å². The number of benzene rings is 2. The zero-order valence-corrected chi connectivity index (χ0v) is 15.9. The highest BCUT2D eigenvalue weighted by Crippen LogP contribution is 2.38. The molecule has 1 aliphatic rings.